The highest BCUT2D eigenvalue weighted by molar-refractivity contribution is 7.10. The smallest absolute Gasteiger partial charge is 0.374 e. The van der Waals surface area contributed by atoms with Crippen LogP contribution in [0.25, 0.3) is 0 Å². The third kappa shape index (κ3) is 2.44. The van der Waals surface area contributed by atoms with Crippen LogP contribution in [0.1, 0.15) is 16.0 Å². The van der Waals surface area contributed by atoms with Gasteiger partial charge in [0.25, 0.3) is 0 Å². The lowest BCUT2D eigenvalue weighted by Gasteiger charge is -2.36. The molecule has 1 aromatic heterocycles. The molecule has 7 heteroatoms. The third-order valence-corrected chi connectivity index (χ3v) is 4.14. The highest BCUT2D eigenvalue weighted by atomic mass is 32.1. The molecule has 2 rings (SSSR count). The standard InChI is InChI=1S/C14H11F5OS/c1-9-4-6-10(7-5-9)12(20,11-3-2-8-21-11)13(15,16)14(17,18)19/h2-8,20H,1H3. The van der Waals surface area contributed by atoms with Gasteiger partial charge in [-0.05, 0) is 23.9 Å². The lowest BCUT2D eigenvalue weighted by molar-refractivity contribution is -0.335. The summed E-state index contributed by atoms with van der Waals surface area (Å²) in [5, 5.41) is 11.7. The molecule has 1 nitrogen and oxygen atoms in total. The first-order valence-electron chi connectivity index (χ1n) is 5.89. The maximum Gasteiger partial charge on any atom is 0.457 e. The van der Waals surface area contributed by atoms with Gasteiger partial charge < -0.3 is 5.11 Å². The molecule has 1 N–H and O–H groups in total. The van der Waals surface area contributed by atoms with Crippen LogP contribution in [0.5, 0.6) is 0 Å². The van der Waals surface area contributed by atoms with Crippen molar-refractivity contribution in [3.63, 3.8) is 0 Å². The Kier molecular flexibility index (Phi) is 3.84. The topological polar surface area (TPSA) is 20.2 Å². The Morgan fingerprint density at radius 3 is 1.95 bits per heavy atom. The maximum absolute atomic E-state index is 14.0. The van der Waals surface area contributed by atoms with E-state index in [1.165, 1.54) is 23.6 Å². The molecule has 0 aliphatic carbocycles. The van der Waals surface area contributed by atoms with Gasteiger partial charge >= 0.3 is 12.1 Å². The third-order valence-electron chi connectivity index (χ3n) is 3.16. The molecule has 1 aromatic carbocycles. The van der Waals surface area contributed by atoms with E-state index in [2.05, 4.69) is 0 Å². The summed E-state index contributed by atoms with van der Waals surface area (Å²) in [5.41, 5.74) is -3.27. The monoisotopic (exact) mass is 322 g/mol. The second-order valence-electron chi connectivity index (χ2n) is 4.63. The summed E-state index contributed by atoms with van der Waals surface area (Å²) >= 11 is 0.642. The number of benzene rings is 1. The molecule has 1 atom stereocenters. The summed E-state index contributed by atoms with van der Waals surface area (Å²) in [6.45, 7) is 1.66. The van der Waals surface area contributed by atoms with Crippen LogP contribution in [0, 0.1) is 6.92 Å². The first kappa shape index (κ1) is 15.9. The summed E-state index contributed by atoms with van der Waals surface area (Å²) < 4.78 is 66.3. The summed E-state index contributed by atoms with van der Waals surface area (Å²) in [6.07, 6.45) is -5.88. The number of rotatable bonds is 3. The predicted octanol–water partition coefficient (Wildman–Crippen LogP) is 4.49. The first-order valence-corrected chi connectivity index (χ1v) is 6.76. The summed E-state index contributed by atoms with van der Waals surface area (Å²) in [5.74, 6) is -5.32. The average molecular weight is 322 g/mol. The number of aryl methyl sites for hydroxylation is 1. The number of thiophene rings is 1. The Morgan fingerprint density at radius 1 is 0.952 bits per heavy atom. The van der Waals surface area contributed by atoms with Gasteiger partial charge in [-0.1, -0.05) is 35.9 Å². The van der Waals surface area contributed by atoms with Gasteiger partial charge in [-0.3, -0.25) is 0 Å². The van der Waals surface area contributed by atoms with Crippen LogP contribution < -0.4 is 0 Å². The van der Waals surface area contributed by atoms with Gasteiger partial charge in [-0.15, -0.1) is 11.3 Å². The van der Waals surface area contributed by atoms with Gasteiger partial charge in [0, 0.05) is 4.88 Å². The lowest BCUT2D eigenvalue weighted by atomic mass is 9.85. The molecule has 0 aliphatic heterocycles. The Morgan fingerprint density at radius 2 is 1.52 bits per heavy atom. The lowest BCUT2D eigenvalue weighted by Crippen LogP contribution is -2.55. The highest BCUT2D eigenvalue weighted by Gasteiger charge is 2.71. The minimum atomic E-state index is -5.88. The van der Waals surface area contributed by atoms with E-state index in [0.717, 1.165) is 18.2 Å². The molecule has 1 unspecified atom stereocenters. The zero-order valence-corrected chi connectivity index (χ0v) is 11.6. The largest absolute Gasteiger partial charge is 0.457 e. The SMILES string of the molecule is Cc1ccc(C(O)(c2cccs2)C(F)(F)C(F)(F)F)cc1. The Labute approximate surface area is 121 Å². The fourth-order valence-corrected chi connectivity index (χ4v) is 2.84. The van der Waals surface area contributed by atoms with Crippen LogP contribution in [-0.4, -0.2) is 17.2 Å². The van der Waals surface area contributed by atoms with Crippen molar-refractivity contribution in [2.75, 3.05) is 0 Å². The average Bonchev–Trinajstić information content (AvgIpc) is 2.91. The molecular formula is C14H11F5OS. The molecule has 0 amide bonds. The van der Waals surface area contributed by atoms with Crippen LogP contribution in [0.4, 0.5) is 22.0 Å². The van der Waals surface area contributed by atoms with E-state index in [9.17, 15) is 27.1 Å². The van der Waals surface area contributed by atoms with Gasteiger partial charge in [0.1, 0.15) is 0 Å². The molecule has 0 radical (unpaired) electrons. The molecule has 0 fully saturated rings. The van der Waals surface area contributed by atoms with Crippen molar-refractivity contribution in [3.05, 3.63) is 57.8 Å². The second-order valence-corrected chi connectivity index (χ2v) is 5.57. The first-order chi connectivity index (χ1) is 9.60. The van der Waals surface area contributed by atoms with E-state index in [-0.39, 0.29) is 0 Å². The predicted molar refractivity (Wildman–Crippen MR) is 69.5 cm³/mol. The minimum Gasteiger partial charge on any atom is -0.374 e. The number of alkyl halides is 5. The molecule has 0 saturated carbocycles. The zero-order chi connectivity index (χ0) is 15.9. The molecule has 0 spiro atoms. The van der Waals surface area contributed by atoms with Crippen LogP contribution in [0.3, 0.4) is 0 Å². The Hall–Kier alpha value is -1.47. The van der Waals surface area contributed by atoms with Crippen LogP contribution >= 0.6 is 11.3 Å². The van der Waals surface area contributed by atoms with E-state index in [4.69, 9.17) is 0 Å². The normalized spacial score (nSPS) is 15.8. The number of aliphatic hydroxyl groups is 1. The molecule has 21 heavy (non-hydrogen) atoms. The maximum atomic E-state index is 14.0. The number of hydrogen-bond acceptors (Lipinski definition) is 2. The van der Waals surface area contributed by atoms with Crippen molar-refractivity contribution in [2.24, 2.45) is 0 Å². The van der Waals surface area contributed by atoms with Crippen LogP contribution in [0.15, 0.2) is 41.8 Å². The van der Waals surface area contributed by atoms with Crippen molar-refractivity contribution >= 4 is 11.3 Å². The van der Waals surface area contributed by atoms with Crippen LogP contribution in [0.2, 0.25) is 0 Å². The van der Waals surface area contributed by atoms with Gasteiger partial charge in [0.15, 0.2) is 5.60 Å². The van der Waals surface area contributed by atoms with E-state index in [1.54, 1.807) is 6.92 Å². The van der Waals surface area contributed by atoms with Crippen molar-refractivity contribution in [1.82, 2.24) is 0 Å². The van der Waals surface area contributed by atoms with Crippen LogP contribution in [-0.2, 0) is 5.60 Å². The number of hydrogen-bond donors (Lipinski definition) is 1. The Bertz CT molecular complexity index is 603. The van der Waals surface area contributed by atoms with E-state index in [1.807, 2.05) is 0 Å². The minimum absolute atomic E-state index is 0.464. The van der Waals surface area contributed by atoms with Crippen molar-refractivity contribution in [3.8, 4) is 0 Å². The Balaban J connectivity index is 2.69. The quantitative estimate of drug-likeness (QED) is 0.826. The molecule has 2 aromatic rings. The number of halogens is 5. The summed E-state index contributed by atoms with van der Waals surface area (Å²) in [7, 11) is 0. The van der Waals surface area contributed by atoms with Gasteiger partial charge in [0.05, 0.1) is 0 Å². The zero-order valence-electron chi connectivity index (χ0n) is 10.8. The molecular weight excluding hydrogens is 311 g/mol. The van der Waals surface area contributed by atoms with E-state index < -0.39 is 28.1 Å². The summed E-state index contributed by atoms with van der Waals surface area (Å²) in [4.78, 5) is -0.464. The molecule has 0 saturated heterocycles. The van der Waals surface area contributed by atoms with Gasteiger partial charge in [0.2, 0.25) is 0 Å². The van der Waals surface area contributed by atoms with Gasteiger partial charge in [-0.2, -0.15) is 22.0 Å². The summed E-state index contributed by atoms with van der Waals surface area (Å²) in [6, 6.07) is 7.28. The fraction of sp³-hybridized carbons (Fsp3) is 0.286. The van der Waals surface area contributed by atoms with Crippen molar-refractivity contribution in [2.45, 2.75) is 24.6 Å². The van der Waals surface area contributed by atoms with E-state index >= 15 is 0 Å². The van der Waals surface area contributed by atoms with Crippen molar-refractivity contribution < 1.29 is 27.1 Å². The molecule has 114 valence electrons. The van der Waals surface area contributed by atoms with Gasteiger partial charge in [-0.25, -0.2) is 0 Å². The van der Waals surface area contributed by atoms with E-state index in [0.29, 0.717) is 16.9 Å². The molecule has 1 heterocycles. The second kappa shape index (κ2) is 5.06. The highest BCUT2D eigenvalue weighted by Crippen LogP contribution is 2.52. The molecule has 0 aliphatic rings. The molecule has 0 bridgehead atoms. The fourth-order valence-electron chi connectivity index (χ4n) is 1.96. The van der Waals surface area contributed by atoms with Crippen molar-refractivity contribution in [1.29, 1.82) is 0 Å².